The number of aromatic nitrogens is 5. The third kappa shape index (κ3) is 3.33. The van der Waals surface area contributed by atoms with Crippen LogP contribution in [0, 0.1) is 11.7 Å². The summed E-state index contributed by atoms with van der Waals surface area (Å²) in [7, 11) is 0. The number of piperidine rings is 1. The van der Waals surface area contributed by atoms with Gasteiger partial charge in [-0.2, -0.15) is 0 Å². The molecule has 1 unspecified atom stereocenters. The van der Waals surface area contributed by atoms with E-state index in [2.05, 4.69) is 30.5 Å². The molecule has 0 spiro atoms. The van der Waals surface area contributed by atoms with Crippen LogP contribution >= 0.6 is 0 Å². The van der Waals surface area contributed by atoms with Crippen molar-refractivity contribution in [3.05, 3.63) is 29.7 Å². The van der Waals surface area contributed by atoms with Crippen molar-refractivity contribution in [1.82, 2.24) is 30.3 Å². The number of halogens is 1. The van der Waals surface area contributed by atoms with Gasteiger partial charge in [0.2, 0.25) is 0 Å². The van der Waals surface area contributed by atoms with Gasteiger partial charge in [-0.1, -0.05) is 12.1 Å². The van der Waals surface area contributed by atoms with Gasteiger partial charge in [0.05, 0.1) is 11.9 Å². The topological polar surface area (TPSA) is 88.8 Å². The molecule has 1 N–H and O–H groups in total. The van der Waals surface area contributed by atoms with Crippen LogP contribution in [0.4, 0.5) is 10.2 Å². The molecule has 2 aromatic heterocycles. The van der Waals surface area contributed by atoms with Crippen molar-refractivity contribution in [3.8, 4) is 0 Å². The lowest BCUT2D eigenvalue weighted by Gasteiger charge is -2.40. The zero-order valence-electron chi connectivity index (χ0n) is 16.3. The molecule has 8 nitrogen and oxygen atoms in total. The quantitative estimate of drug-likeness (QED) is 0.815. The monoisotopic (exact) mass is 387 g/mol. The number of nitrogens with zero attached hydrogens (tertiary/aromatic N) is 6. The summed E-state index contributed by atoms with van der Waals surface area (Å²) in [4.78, 5) is 22.9. The minimum Gasteiger partial charge on any atom is -0.350 e. The van der Waals surface area contributed by atoms with Crippen LogP contribution in [0.25, 0.3) is 0 Å². The molecule has 9 heteroatoms. The minimum absolute atomic E-state index is 0.143. The lowest BCUT2D eigenvalue weighted by atomic mass is 9.90. The van der Waals surface area contributed by atoms with Gasteiger partial charge < -0.3 is 10.2 Å². The van der Waals surface area contributed by atoms with Crippen LogP contribution < -0.4 is 10.2 Å². The molecule has 2 aliphatic rings. The van der Waals surface area contributed by atoms with E-state index in [-0.39, 0.29) is 23.8 Å². The smallest absolute Gasteiger partial charge is 0.271 e. The van der Waals surface area contributed by atoms with Gasteiger partial charge in [0.15, 0.2) is 11.6 Å². The van der Waals surface area contributed by atoms with E-state index >= 15 is 0 Å². The number of hydrogen-bond acceptors (Lipinski definition) is 6. The lowest BCUT2D eigenvalue weighted by Crippen LogP contribution is -2.46. The number of amides is 1. The maximum absolute atomic E-state index is 14.8. The molecule has 0 radical (unpaired) electrons. The van der Waals surface area contributed by atoms with Gasteiger partial charge in [0.1, 0.15) is 12.0 Å². The normalized spacial score (nSPS) is 23.8. The molecule has 3 atom stereocenters. The molecule has 2 fully saturated rings. The Morgan fingerprint density at radius 1 is 1.25 bits per heavy atom. The first-order valence-electron chi connectivity index (χ1n) is 10.1. The summed E-state index contributed by atoms with van der Waals surface area (Å²) >= 11 is 0. The average molecular weight is 387 g/mol. The molecule has 2 saturated heterocycles. The Balaban J connectivity index is 1.41. The van der Waals surface area contributed by atoms with Gasteiger partial charge in [-0.15, -0.1) is 5.10 Å². The number of nitrogens with one attached hydrogen (secondary N) is 1. The average Bonchev–Trinajstić information content (AvgIpc) is 3.28. The van der Waals surface area contributed by atoms with Gasteiger partial charge in [0, 0.05) is 25.2 Å². The van der Waals surface area contributed by atoms with E-state index < -0.39 is 0 Å². The fourth-order valence-electron chi connectivity index (χ4n) is 4.62. The van der Waals surface area contributed by atoms with Crippen molar-refractivity contribution in [2.45, 2.75) is 64.6 Å². The van der Waals surface area contributed by atoms with Crippen molar-refractivity contribution >= 4 is 11.7 Å². The Kier molecular flexibility index (Phi) is 5.23. The highest BCUT2D eigenvalue weighted by Gasteiger charge is 2.42. The fraction of sp³-hybridized carbons (Fsp3) is 0.632. The van der Waals surface area contributed by atoms with Gasteiger partial charge >= 0.3 is 0 Å². The minimum atomic E-state index is -0.283. The van der Waals surface area contributed by atoms with E-state index in [1.54, 1.807) is 4.68 Å². The zero-order chi connectivity index (χ0) is 19.7. The standard InChI is InChI=1S/C19H26FN7O/c1-3-15-17(20)18(23-11-22-15)27-13-5-6-14(27)8-12(7-13)9-21-19(28)16-10-24-25-26(16)4-2/h10-14H,3-9H2,1-2H3,(H,21,28)/t12?,13-,14+. The molecule has 4 rings (SSSR count). The summed E-state index contributed by atoms with van der Waals surface area (Å²) in [6.45, 7) is 5.05. The van der Waals surface area contributed by atoms with E-state index in [4.69, 9.17) is 0 Å². The van der Waals surface area contributed by atoms with Crippen LogP contribution in [0.1, 0.15) is 55.7 Å². The van der Waals surface area contributed by atoms with Crippen LogP contribution in [0.5, 0.6) is 0 Å². The van der Waals surface area contributed by atoms with Gasteiger partial charge in [-0.25, -0.2) is 19.0 Å². The second-order valence-electron chi connectivity index (χ2n) is 7.59. The molecule has 2 aliphatic heterocycles. The van der Waals surface area contributed by atoms with Crippen LogP contribution in [0.2, 0.25) is 0 Å². The first-order chi connectivity index (χ1) is 13.6. The number of carbonyl (C=O) groups excluding carboxylic acids is 1. The summed E-state index contributed by atoms with van der Waals surface area (Å²) in [5, 5.41) is 10.7. The highest BCUT2D eigenvalue weighted by molar-refractivity contribution is 5.92. The second kappa shape index (κ2) is 7.81. The maximum atomic E-state index is 14.8. The third-order valence-corrected chi connectivity index (χ3v) is 5.95. The summed E-state index contributed by atoms with van der Waals surface area (Å²) in [5.74, 6) is 0.393. The molecule has 0 aromatic carbocycles. The highest BCUT2D eigenvalue weighted by atomic mass is 19.1. The van der Waals surface area contributed by atoms with E-state index in [1.165, 1.54) is 12.5 Å². The van der Waals surface area contributed by atoms with Gasteiger partial charge in [0.25, 0.3) is 5.91 Å². The molecular formula is C19H26FN7O. The van der Waals surface area contributed by atoms with E-state index in [0.29, 0.717) is 42.6 Å². The largest absolute Gasteiger partial charge is 0.350 e. The Hall–Kier alpha value is -2.58. The second-order valence-corrected chi connectivity index (χ2v) is 7.59. The fourth-order valence-corrected chi connectivity index (χ4v) is 4.62. The van der Waals surface area contributed by atoms with Crippen molar-refractivity contribution in [1.29, 1.82) is 0 Å². The molecule has 2 bridgehead atoms. The Morgan fingerprint density at radius 2 is 2.00 bits per heavy atom. The van der Waals surface area contributed by atoms with Crippen molar-refractivity contribution < 1.29 is 9.18 Å². The Morgan fingerprint density at radius 3 is 2.68 bits per heavy atom. The predicted molar refractivity (Wildman–Crippen MR) is 101 cm³/mol. The summed E-state index contributed by atoms with van der Waals surface area (Å²) in [6, 6.07) is 0.523. The number of hydrogen-bond donors (Lipinski definition) is 1. The van der Waals surface area contributed by atoms with Crippen LogP contribution in [-0.2, 0) is 13.0 Å². The van der Waals surface area contributed by atoms with Crippen LogP contribution in [0.3, 0.4) is 0 Å². The molecule has 0 aliphatic carbocycles. The van der Waals surface area contributed by atoms with Crippen LogP contribution in [-0.4, -0.2) is 49.5 Å². The number of aryl methyl sites for hydroxylation is 2. The maximum Gasteiger partial charge on any atom is 0.271 e. The van der Waals surface area contributed by atoms with E-state index in [9.17, 15) is 9.18 Å². The number of anilines is 1. The van der Waals surface area contributed by atoms with E-state index in [1.807, 2.05) is 13.8 Å². The number of rotatable bonds is 6. The highest BCUT2D eigenvalue weighted by Crippen LogP contribution is 2.41. The molecule has 2 aromatic rings. The number of carbonyl (C=O) groups is 1. The van der Waals surface area contributed by atoms with Gasteiger partial charge in [-0.3, -0.25) is 4.79 Å². The Labute approximate surface area is 163 Å². The molecular weight excluding hydrogens is 361 g/mol. The molecule has 150 valence electrons. The third-order valence-electron chi connectivity index (χ3n) is 5.95. The van der Waals surface area contributed by atoms with Crippen molar-refractivity contribution in [3.63, 3.8) is 0 Å². The number of fused-ring (bicyclic) bond motifs is 2. The predicted octanol–water partition coefficient (Wildman–Crippen LogP) is 1.97. The Bertz CT molecular complexity index is 841. The van der Waals surface area contributed by atoms with Crippen molar-refractivity contribution in [2.24, 2.45) is 5.92 Å². The van der Waals surface area contributed by atoms with Crippen LogP contribution in [0.15, 0.2) is 12.5 Å². The summed E-state index contributed by atoms with van der Waals surface area (Å²) in [6.07, 6.45) is 7.43. The summed E-state index contributed by atoms with van der Waals surface area (Å²) < 4.78 is 16.4. The molecule has 0 saturated carbocycles. The molecule has 1 amide bonds. The molecule has 4 heterocycles. The van der Waals surface area contributed by atoms with Gasteiger partial charge in [-0.05, 0) is 44.9 Å². The lowest BCUT2D eigenvalue weighted by molar-refractivity contribution is 0.0932. The van der Waals surface area contributed by atoms with E-state index in [0.717, 1.165) is 25.7 Å². The zero-order valence-corrected chi connectivity index (χ0v) is 16.3. The molecule has 28 heavy (non-hydrogen) atoms. The van der Waals surface area contributed by atoms with Crippen molar-refractivity contribution in [2.75, 3.05) is 11.4 Å². The first-order valence-corrected chi connectivity index (χ1v) is 10.1. The first kappa shape index (κ1) is 18.8. The SMILES string of the molecule is CCc1ncnc(N2[C@@H]3CC[C@H]2CC(CNC(=O)c2cnnn2CC)C3)c1F. The summed E-state index contributed by atoms with van der Waals surface area (Å²) in [5.41, 5.74) is 0.956.